The minimum Gasteiger partial charge on any atom is -0.381 e. The van der Waals surface area contributed by atoms with E-state index in [1.54, 1.807) is 5.57 Å². The van der Waals surface area contributed by atoms with Gasteiger partial charge in [-0.2, -0.15) is 0 Å². The molecule has 0 aromatic rings. The van der Waals surface area contributed by atoms with Crippen molar-refractivity contribution in [3.63, 3.8) is 0 Å². The Balaban J connectivity index is 1.79. The normalized spacial score (nSPS) is 35.2. The molecule has 0 aromatic heterocycles. The maximum Gasteiger partial charge on any atom is 0.0480 e. The zero-order valence-corrected chi connectivity index (χ0v) is 11.4. The van der Waals surface area contributed by atoms with Crippen LogP contribution >= 0.6 is 0 Å². The van der Waals surface area contributed by atoms with Gasteiger partial charge < -0.3 is 10.1 Å². The Morgan fingerprint density at radius 2 is 2.18 bits per heavy atom. The summed E-state index contributed by atoms with van der Waals surface area (Å²) in [5.41, 5.74) is 1.60. The number of rotatable bonds is 3. The Kier molecular flexibility index (Phi) is 5.05. The lowest BCUT2D eigenvalue weighted by molar-refractivity contribution is 0.142. The van der Waals surface area contributed by atoms with Crippen molar-refractivity contribution in [1.82, 2.24) is 5.32 Å². The van der Waals surface area contributed by atoms with Crippen LogP contribution in [0, 0.1) is 11.8 Å². The molecule has 3 unspecified atom stereocenters. The lowest BCUT2D eigenvalue weighted by atomic mass is 9.80. The summed E-state index contributed by atoms with van der Waals surface area (Å²) < 4.78 is 5.51. The molecular formula is C15H27NO. The van der Waals surface area contributed by atoms with Gasteiger partial charge in [0, 0.05) is 25.8 Å². The molecule has 1 fully saturated rings. The predicted molar refractivity (Wildman–Crippen MR) is 72.1 cm³/mol. The first-order valence-corrected chi connectivity index (χ1v) is 7.25. The van der Waals surface area contributed by atoms with Crippen LogP contribution in [0.25, 0.3) is 0 Å². The summed E-state index contributed by atoms with van der Waals surface area (Å²) in [7, 11) is 0. The van der Waals surface area contributed by atoms with Gasteiger partial charge in [-0.1, -0.05) is 18.6 Å². The SMILES string of the molecule is CC1=CCCC(C)C1CNC1CCCOCC1. The van der Waals surface area contributed by atoms with Crippen LogP contribution in [0.5, 0.6) is 0 Å². The lowest BCUT2D eigenvalue weighted by Crippen LogP contribution is -2.36. The van der Waals surface area contributed by atoms with Crippen molar-refractivity contribution < 1.29 is 4.74 Å². The van der Waals surface area contributed by atoms with Crippen molar-refractivity contribution in [2.45, 2.75) is 52.0 Å². The first kappa shape index (κ1) is 13.1. The summed E-state index contributed by atoms with van der Waals surface area (Å²) in [5, 5.41) is 3.77. The quantitative estimate of drug-likeness (QED) is 0.761. The van der Waals surface area contributed by atoms with Crippen LogP contribution in [0.1, 0.15) is 46.0 Å². The molecule has 0 bridgehead atoms. The molecule has 17 heavy (non-hydrogen) atoms. The molecule has 2 rings (SSSR count). The van der Waals surface area contributed by atoms with E-state index in [2.05, 4.69) is 25.2 Å². The van der Waals surface area contributed by atoms with Crippen molar-refractivity contribution in [2.24, 2.45) is 11.8 Å². The average molecular weight is 237 g/mol. The molecule has 0 radical (unpaired) electrons. The molecule has 1 aliphatic carbocycles. The second kappa shape index (κ2) is 6.55. The Morgan fingerprint density at radius 3 is 3.00 bits per heavy atom. The lowest BCUT2D eigenvalue weighted by Gasteiger charge is -2.30. The highest BCUT2D eigenvalue weighted by molar-refractivity contribution is 5.09. The summed E-state index contributed by atoms with van der Waals surface area (Å²) in [6.07, 6.45) is 8.75. The zero-order chi connectivity index (χ0) is 12.1. The molecular weight excluding hydrogens is 210 g/mol. The van der Waals surface area contributed by atoms with Gasteiger partial charge in [-0.25, -0.2) is 0 Å². The van der Waals surface area contributed by atoms with Crippen LogP contribution in [-0.4, -0.2) is 25.8 Å². The summed E-state index contributed by atoms with van der Waals surface area (Å²) in [4.78, 5) is 0. The second-order valence-electron chi connectivity index (χ2n) is 5.76. The van der Waals surface area contributed by atoms with Crippen molar-refractivity contribution >= 4 is 0 Å². The Morgan fingerprint density at radius 1 is 1.29 bits per heavy atom. The number of allylic oxidation sites excluding steroid dienone is 1. The number of hydrogen-bond donors (Lipinski definition) is 1. The van der Waals surface area contributed by atoms with Crippen LogP contribution in [0.4, 0.5) is 0 Å². The third kappa shape index (κ3) is 3.82. The van der Waals surface area contributed by atoms with E-state index >= 15 is 0 Å². The van der Waals surface area contributed by atoms with E-state index in [1.165, 1.54) is 32.1 Å². The molecule has 2 nitrogen and oxygen atoms in total. The molecule has 1 aliphatic heterocycles. The van der Waals surface area contributed by atoms with Gasteiger partial charge >= 0.3 is 0 Å². The molecule has 2 aliphatic rings. The van der Waals surface area contributed by atoms with Gasteiger partial charge in [-0.05, 0) is 50.9 Å². The van der Waals surface area contributed by atoms with Gasteiger partial charge in [0.2, 0.25) is 0 Å². The highest BCUT2D eigenvalue weighted by Crippen LogP contribution is 2.29. The van der Waals surface area contributed by atoms with Gasteiger partial charge in [0.1, 0.15) is 0 Å². The number of hydrogen-bond acceptors (Lipinski definition) is 2. The first-order chi connectivity index (χ1) is 8.27. The zero-order valence-electron chi connectivity index (χ0n) is 11.4. The minimum absolute atomic E-state index is 0.680. The summed E-state index contributed by atoms with van der Waals surface area (Å²) >= 11 is 0. The van der Waals surface area contributed by atoms with Crippen molar-refractivity contribution in [3.05, 3.63) is 11.6 Å². The molecule has 3 atom stereocenters. The van der Waals surface area contributed by atoms with Crippen LogP contribution < -0.4 is 5.32 Å². The Hall–Kier alpha value is -0.340. The van der Waals surface area contributed by atoms with Gasteiger partial charge in [0.15, 0.2) is 0 Å². The van der Waals surface area contributed by atoms with Gasteiger partial charge in [0.05, 0.1) is 0 Å². The maximum atomic E-state index is 5.51. The molecule has 0 aromatic carbocycles. The molecule has 0 amide bonds. The van der Waals surface area contributed by atoms with E-state index in [9.17, 15) is 0 Å². The molecule has 1 saturated heterocycles. The third-order valence-corrected chi connectivity index (χ3v) is 4.44. The Labute approximate surface area is 106 Å². The van der Waals surface area contributed by atoms with Crippen LogP contribution in [0.15, 0.2) is 11.6 Å². The smallest absolute Gasteiger partial charge is 0.0480 e. The molecule has 1 N–H and O–H groups in total. The van der Waals surface area contributed by atoms with Crippen molar-refractivity contribution in [2.75, 3.05) is 19.8 Å². The third-order valence-electron chi connectivity index (χ3n) is 4.44. The van der Waals surface area contributed by atoms with E-state index < -0.39 is 0 Å². The summed E-state index contributed by atoms with van der Waals surface area (Å²) in [6.45, 7) is 7.76. The number of nitrogens with one attached hydrogen (secondary N) is 1. The van der Waals surface area contributed by atoms with Crippen molar-refractivity contribution in [1.29, 1.82) is 0 Å². The maximum absolute atomic E-state index is 5.51. The minimum atomic E-state index is 0.680. The van der Waals surface area contributed by atoms with E-state index in [-0.39, 0.29) is 0 Å². The standard InChI is InChI=1S/C15H27NO/c1-12-5-3-6-13(2)15(12)11-16-14-7-4-9-17-10-8-14/h5,13-16H,3-4,6-11H2,1-2H3. The van der Waals surface area contributed by atoms with E-state index in [4.69, 9.17) is 4.74 Å². The van der Waals surface area contributed by atoms with E-state index in [1.807, 2.05) is 0 Å². The topological polar surface area (TPSA) is 21.3 Å². The first-order valence-electron chi connectivity index (χ1n) is 7.25. The summed E-state index contributed by atoms with van der Waals surface area (Å²) in [5.74, 6) is 1.60. The monoisotopic (exact) mass is 237 g/mol. The van der Waals surface area contributed by atoms with Gasteiger partial charge in [0.25, 0.3) is 0 Å². The van der Waals surface area contributed by atoms with Crippen LogP contribution in [-0.2, 0) is 4.74 Å². The Bertz CT molecular complexity index is 254. The highest BCUT2D eigenvalue weighted by atomic mass is 16.5. The fourth-order valence-electron chi connectivity index (χ4n) is 3.14. The number of ether oxygens (including phenoxy) is 1. The molecule has 98 valence electrons. The van der Waals surface area contributed by atoms with Gasteiger partial charge in [-0.3, -0.25) is 0 Å². The highest BCUT2D eigenvalue weighted by Gasteiger charge is 2.23. The fraction of sp³-hybridized carbons (Fsp3) is 0.867. The second-order valence-corrected chi connectivity index (χ2v) is 5.76. The van der Waals surface area contributed by atoms with Crippen LogP contribution in [0.2, 0.25) is 0 Å². The van der Waals surface area contributed by atoms with E-state index in [0.717, 1.165) is 31.6 Å². The van der Waals surface area contributed by atoms with Crippen LogP contribution in [0.3, 0.4) is 0 Å². The largest absolute Gasteiger partial charge is 0.381 e. The molecule has 0 spiro atoms. The molecule has 1 heterocycles. The predicted octanol–water partition coefficient (Wildman–Crippen LogP) is 3.14. The average Bonchev–Trinajstić information content (AvgIpc) is 2.57. The summed E-state index contributed by atoms with van der Waals surface area (Å²) in [6, 6.07) is 0.680. The van der Waals surface area contributed by atoms with E-state index in [0.29, 0.717) is 6.04 Å². The van der Waals surface area contributed by atoms with Gasteiger partial charge in [-0.15, -0.1) is 0 Å². The molecule has 0 saturated carbocycles. The fourth-order valence-corrected chi connectivity index (χ4v) is 3.14. The van der Waals surface area contributed by atoms with Crippen molar-refractivity contribution in [3.8, 4) is 0 Å². The molecule has 2 heteroatoms.